The van der Waals surface area contributed by atoms with Gasteiger partial charge in [0.15, 0.2) is 0 Å². The lowest BCUT2D eigenvalue weighted by molar-refractivity contribution is -0.123. The highest BCUT2D eigenvalue weighted by molar-refractivity contribution is 5.80. The predicted octanol–water partition coefficient (Wildman–Crippen LogP) is 2.14. The van der Waals surface area contributed by atoms with Gasteiger partial charge in [0.2, 0.25) is 0 Å². The van der Waals surface area contributed by atoms with Gasteiger partial charge in [0.1, 0.15) is 5.78 Å². The molecule has 0 radical (unpaired) electrons. The lowest BCUT2D eigenvalue weighted by Crippen LogP contribution is -2.17. The average molecular weight is 183 g/mol. The van der Waals surface area contributed by atoms with E-state index in [0.29, 0.717) is 11.7 Å². The third kappa shape index (κ3) is 3.90. The van der Waals surface area contributed by atoms with E-state index in [-0.39, 0.29) is 0 Å². The second-order valence-corrected chi connectivity index (χ2v) is 3.95. The molecule has 13 heavy (non-hydrogen) atoms. The minimum absolute atomic E-state index is 0.363. The first-order chi connectivity index (χ1) is 6.34. The molecule has 0 aromatic heterocycles. The Hall–Kier alpha value is -0.370. The molecule has 0 spiro atoms. The molecule has 1 heterocycles. The third-order valence-electron chi connectivity index (χ3n) is 2.81. The minimum Gasteiger partial charge on any atom is -0.317 e. The van der Waals surface area contributed by atoms with Crippen LogP contribution in [0.2, 0.25) is 0 Å². The quantitative estimate of drug-likeness (QED) is 0.723. The molecule has 1 rings (SSSR count). The normalized spacial score (nSPS) is 23.9. The topological polar surface area (TPSA) is 29.1 Å². The van der Waals surface area contributed by atoms with Gasteiger partial charge in [-0.2, -0.15) is 0 Å². The summed E-state index contributed by atoms with van der Waals surface area (Å²) in [5.41, 5.74) is 0. The van der Waals surface area contributed by atoms with Crippen molar-refractivity contribution >= 4 is 5.78 Å². The molecule has 0 saturated carbocycles. The van der Waals surface area contributed by atoms with Gasteiger partial charge in [-0.05, 0) is 38.8 Å². The first-order valence-corrected chi connectivity index (χ1v) is 5.58. The molecule has 1 fully saturated rings. The van der Waals surface area contributed by atoms with Crippen LogP contribution in [0.5, 0.6) is 0 Å². The number of ketones is 1. The summed E-state index contributed by atoms with van der Waals surface area (Å²) in [4.78, 5) is 11.7. The first kappa shape index (κ1) is 10.7. The Morgan fingerprint density at radius 1 is 1.38 bits per heavy atom. The van der Waals surface area contributed by atoms with Crippen LogP contribution in [0, 0.1) is 5.92 Å². The van der Waals surface area contributed by atoms with E-state index < -0.39 is 0 Å². The zero-order chi connectivity index (χ0) is 9.52. The lowest BCUT2D eigenvalue weighted by Gasteiger charge is -2.11. The Bertz CT molecular complexity index is 148. The van der Waals surface area contributed by atoms with E-state index >= 15 is 0 Å². The van der Waals surface area contributed by atoms with Gasteiger partial charge >= 0.3 is 0 Å². The summed E-state index contributed by atoms with van der Waals surface area (Å²) in [5.74, 6) is 0.868. The summed E-state index contributed by atoms with van der Waals surface area (Å²) in [7, 11) is 0. The SMILES string of the molecule is CCCCC(=O)C1CCCNCC1. The van der Waals surface area contributed by atoms with Gasteiger partial charge in [-0.1, -0.05) is 13.3 Å². The van der Waals surface area contributed by atoms with E-state index in [2.05, 4.69) is 12.2 Å². The highest BCUT2D eigenvalue weighted by atomic mass is 16.1. The molecule has 0 aromatic carbocycles. The minimum atomic E-state index is 0.363. The molecule has 2 heteroatoms. The number of carbonyl (C=O) groups excluding carboxylic acids is 1. The van der Waals surface area contributed by atoms with Crippen LogP contribution in [-0.2, 0) is 4.79 Å². The molecule has 1 atom stereocenters. The summed E-state index contributed by atoms with van der Waals surface area (Å²) in [6, 6.07) is 0. The summed E-state index contributed by atoms with van der Waals surface area (Å²) in [6.07, 6.45) is 6.35. The number of carbonyl (C=O) groups is 1. The second-order valence-electron chi connectivity index (χ2n) is 3.95. The molecule has 76 valence electrons. The Morgan fingerprint density at radius 2 is 2.23 bits per heavy atom. The van der Waals surface area contributed by atoms with Crippen molar-refractivity contribution in [2.24, 2.45) is 5.92 Å². The molecule has 2 nitrogen and oxygen atoms in total. The van der Waals surface area contributed by atoms with Gasteiger partial charge in [0.05, 0.1) is 0 Å². The van der Waals surface area contributed by atoms with Crippen LogP contribution in [0.4, 0.5) is 0 Å². The van der Waals surface area contributed by atoms with Crippen molar-refractivity contribution in [1.82, 2.24) is 5.32 Å². The number of unbranched alkanes of at least 4 members (excludes halogenated alkanes) is 1. The van der Waals surface area contributed by atoms with Crippen molar-refractivity contribution < 1.29 is 4.79 Å². The zero-order valence-corrected chi connectivity index (χ0v) is 8.64. The summed E-state index contributed by atoms with van der Waals surface area (Å²) >= 11 is 0. The van der Waals surface area contributed by atoms with Crippen LogP contribution in [0.15, 0.2) is 0 Å². The monoisotopic (exact) mass is 183 g/mol. The molecular formula is C11H21NO. The highest BCUT2D eigenvalue weighted by Gasteiger charge is 2.18. The number of rotatable bonds is 4. The molecule has 1 N–H and O–H groups in total. The molecule has 1 unspecified atom stereocenters. The largest absolute Gasteiger partial charge is 0.317 e. The van der Waals surface area contributed by atoms with E-state index in [1.807, 2.05) is 0 Å². The standard InChI is InChI=1S/C11H21NO/c1-2-3-6-11(13)10-5-4-8-12-9-7-10/h10,12H,2-9H2,1H3. The van der Waals surface area contributed by atoms with Gasteiger partial charge in [0.25, 0.3) is 0 Å². The smallest absolute Gasteiger partial charge is 0.136 e. The van der Waals surface area contributed by atoms with Crippen molar-refractivity contribution in [1.29, 1.82) is 0 Å². The van der Waals surface area contributed by atoms with Crippen molar-refractivity contribution in [3.63, 3.8) is 0 Å². The molecule has 0 bridgehead atoms. The predicted molar refractivity (Wildman–Crippen MR) is 54.7 cm³/mol. The van der Waals surface area contributed by atoms with E-state index in [1.54, 1.807) is 0 Å². The van der Waals surface area contributed by atoms with Crippen molar-refractivity contribution in [2.45, 2.75) is 45.4 Å². The summed E-state index contributed by atoms with van der Waals surface area (Å²) in [5, 5.41) is 3.34. The van der Waals surface area contributed by atoms with Crippen LogP contribution in [0.3, 0.4) is 0 Å². The first-order valence-electron chi connectivity index (χ1n) is 5.58. The number of hydrogen-bond donors (Lipinski definition) is 1. The molecule has 0 aliphatic carbocycles. The fourth-order valence-electron chi connectivity index (χ4n) is 1.90. The molecular weight excluding hydrogens is 162 g/mol. The van der Waals surface area contributed by atoms with Crippen LogP contribution >= 0.6 is 0 Å². The van der Waals surface area contributed by atoms with Gasteiger partial charge in [-0.15, -0.1) is 0 Å². The van der Waals surface area contributed by atoms with Crippen molar-refractivity contribution in [2.75, 3.05) is 13.1 Å². The number of Topliss-reactive ketones (excluding diaryl/α,β-unsaturated/α-hetero) is 1. The maximum Gasteiger partial charge on any atom is 0.136 e. The summed E-state index contributed by atoms with van der Waals surface area (Å²) < 4.78 is 0. The highest BCUT2D eigenvalue weighted by Crippen LogP contribution is 2.17. The Balaban J connectivity index is 2.26. The van der Waals surface area contributed by atoms with Crippen LogP contribution in [-0.4, -0.2) is 18.9 Å². The Morgan fingerprint density at radius 3 is 3.00 bits per heavy atom. The molecule has 1 aliphatic rings. The maximum atomic E-state index is 11.7. The van der Waals surface area contributed by atoms with Crippen LogP contribution < -0.4 is 5.32 Å². The molecule has 1 saturated heterocycles. The van der Waals surface area contributed by atoms with Crippen molar-refractivity contribution in [3.05, 3.63) is 0 Å². The maximum absolute atomic E-state index is 11.7. The fraction of sp³-hybridized carbons (Fsp3) is 0.909. The number of hydrogen-bond acceptors (Lipinski definition) is 2. The Kier molecular flexibility index (Phi) is 5.06. The number of nitrogens with one attached hydrogen (secondary N) is 1. The third-order valence-corrected chi connectivity index (χ3v) is 2.81. The van der Waals surface area contributed by atoms with E-state index in [4.69, 9.17) is 0 Å². The van der Waals surface area contributed by atoms with E-state index in [9.17, 15) is 4.79 Å². The van der Waals surface area contributed by atoms with Crippen molar-refractivity contribution in [3.8, 4) is 0 Å². The Labute approximate surface area is 81.1 Å². The van der Waals surface area contributed by atoms with E-state index in [0.717, 1.165) is 45.2 Å². The fourth-order valence-corrected chi connectivity index (χ4v) is 1.90. The molecule has 1 aliphatic heterocycles. The van der Waals surface area contributed by atoms with Gasteiger partial charge in [-0.25, -0.2) is 0 Å². The lowest BCUT2D eigenvalue weighted by atomic mass is 9.93. The molecule has 0 amide bonds. The van der Waals surface area contributed by atoms with Gasteiger partial charge in [-0.3, -0.25) is 4.79 Å². The average Bonchev–Trinajstić information content (AvgIpc) is 2.42. The zero-order valence-electron chi connectivity index (χ0n) is 8.64. The molecule has 0 aromatic rings. The van der Waals surface area contributed by atoms with Crippen LogP contribution in [0.25, 0.3) is 0 Å². The van der Waals surface area contributed by atoms with Gasteiger partial charge in [0, 0.05) is 12.3 Å². The van der Waals surface area contributed by atoms with Gasteiger partial charge < -0.3 is 5.32 Å². The summed E-state index contributed by atoms with van der Waals surface area (Å²) in [6.45, 7) is 4.27. The second kappa shape index (κ2) is 6.14. The van der Waals surface area contributed by atoms with E-state index in [1.165, 1.54) is 6.42 Å². The van der Waals surface area contributed by atoms with Crippen LogP contribution in [0.1, 0.15) is 45.4 Å².